The molecule has 4 heteroatoms. The molecular weight excluding hydrogens is 210 g/mol. The fourth-order valence-electron chi connectivity index (χ4n) is 1.45. The van der Waals surface area contributed by atoms with Crippen molar-refractivity contribution in [3.05, 3.63) is 41.4 Å². The van der Waals surface area contributed by atoms with E-state index in [0.29, 0.717) is 10.9 Å². The third-order valence-electron chi connectivity index (χ3n) is 2.17. The van der Waals surface area contributed by atoms with Gasteiger partial charge in [-0.3, -0.25) is 0 Å². The molecule has 0 N–H and O–H groups in total. The van der Waals surface area contributed by atoms with Crippen molar-refractivity contribution >= 4 is 11.6 Å². The third kappa shape index (κ3) is 1.88. The van der Waals surface area contributed by atoms with E-state index in [1.807, 2.05) is 24.3 Å². The van der Waals surface area contributed by atoms with Gasteiger partial charge in [0.2, 0.25) is 0 Å². The predicted octanol–water partition coefficient (Wildman–Crippen LogP) is 3.04. The first-order chi connectivity index (χ1) is 7.20. The summed E-state index contributed by atoms with van der Waals surface area (Å²) in [6.07, 6.45) is 1.55. The van der Waals surface area contributed by atoms with Crippen LogP contribution in [0, 0.1) is 0 Å². The van der Waals surface area contributed by atoms with Gasteiger partial charge < -0.3 is 0 Å². The van der Waals surface area contributed by atoms with E-state index in [2.05, 4.69) is 23.9 Å². The van der Waals surface area contributed by atoms with Crippen LogP contribution in [0.1, 0.15) is 25.6 Å². The molecule has 0 fully saturated rings. The third-order valence-corrected chi connectivity index (χ3v) is 2.49. The second-order valence-electron chi connectivity index (χ2n) is 3.64. The standard InChI is InChI=1S/C11H12ClN3/c1-8(2)11-13-7-14-15(11)10-6-4-3-5-9(10)12/h3-8H,1-2H3. The van der Waals surface area contributed by atoms with Crippen LogP contribution in [0.3, 0.4) is 0 Å². The Morgan fingerprint density at radius 2 is 2.00 bits per heavy atom. The van der Waals surface area contributed by atoms with Gasteiger partial charge in [0.25, 0.3) is 0 Å². The summed E-state index contributed by atoms with van der Waals surface area (Å²) in [5.74, 6) is 1.24. The molecule has 1 aromatic heterocycles. The minimum Gasteiger partial charge on any atom is -0.219 e. The molecule has 0 saturated heterocycles. The predicted molar refractivity (Wildman–Crippen MR) is 60.5 cm³/mol. The van der Waals surface area contributed by atoms with Gasteiger partial charge >= 0.3 is 0 Å². The van der Waals surface area contributed by atoms with Crippen LogP contribution in [0.2, 0.25) is 5.02 Å². The normalized spacial score (nSPS) is 10.9. The van der Waals surface area contributed by atoms with Crippen LogP contribution in [-0.4, -0.2) is 14.8 Å². The second kappa shape index (κ2) is 4.03. The lowest BCUT2D eigenvalue weighted by atomic mass is 10.2. The number of hydrogen-bond acceptors (Lipinski definition) is 2. The molecule has 78 valence electrons. The maximum Gasteiger partial charge on any atom is 0.138 e. The Bertz CT molecular complexity index is 462. The molecule has 0 aliphatic carbocycles. The van der Waals surface area contributed by atoms with Gasteiger partial charge in [0.15, 0.2) is 0 Å². The van der Waals surface area contributed by atoms with Crippen LogP contribution in [-0.2, 0) is 0 Å². The Labute approximate surface area is 93.7 Å². The van der Waals surface area contributed by atoms with Gasteiger partial charge in [0.05, 0.1) is 10.7 Å². The van der Waals surface area contributed by atoms with Gasteiger partial charge in [-0.15, -0.1) is 0 Å². The van der Waals surface area contributed by atoms with E-state index in [1.54, 1.807) is 11.0 Å². The van der Waals surface area contributed by atoms with Crippen LogP contribution in [0.4, 0.5) is 0 Å². The van der Waals surface area contributed by atoms with Gasteiger partial charge in [-0.05, 0) is 12.1 Å². The maximum absolute atomic E-state index is 6.10. The van der Waals surface area contributed by atoms with E-state index in [1.165, 1.54) is 0 Å². The highest BCUT2D eigenvalue weighted by molar-refractivity contribution is 6.32. The van der Waals surface area contributed by atoms with Crippen molar-refractivity contribution in [2.75, 3.05) is 0 Å². The zero-order valence-electron chi connectivity index (χ0n) is 8.68. The summed E-state index contributed by atoms with van der Waals surface area (Å²) < 4.78 is 1.78. The van der Waals surface area contributed by atoms with E-state index in [0.717, 1.165) is 11.5 Å². The summed E-state index contributed by atoms with van der Waals surface area (Å²) in [6, 6.07) is 7.62. The molecule has 0 amide bonds. The lowest BCUT2D eigenvalue weighted by Crippen LogP contribution is -2.05. The number of halogens is 1. The van der Waals surface area contributed by atoms with E-state index < -0.39 is 0 Å². The molecule has 0 aliphatic rings. The van der Waals surface area contributed by atoms with Crippen molar-refractivity contribution in [3.63, 3.8) is 0 Å². The molecule has 0 radical (unpaired) electrons. The van der Waals surface area contributed by atoms with Crippen molar-refractivity contribution in [2.24, 2.45) is 0 Å². The quantitative estimate of drug-likeness (QED) is 0.781. The second-order valence-corrected chi connectivity index (χ2v) is 4.04. The smallest absolute Gasteiger partial charge is 0.138 e. The number of benzene rings is 1. The van der Waals surface area contributed by atoms with E-state index >= 15 is 0 Å². The molecule has 15 heavy (non-hydrogen) atoms. The van der Waals surface area contributed by atoms with Crippen LogP contribution in [0.15, 0.2) is 30.6 Å². The molecule has 0 saturated carbocycles. The van der Waals surface area contributed by atoms with Gasteiger partial charge in [-0.1, -0.05) is 37.6 Å². The molecule has 1 heterocycles. The Morgan fingerprint density at radius 1 is 1.27 bits per heavy atom. The Balaban J connectivity index is 2.55. The topological polar surface area (TPSA) is 30.7 Å². The summed E-state index contributed by atoms with van der Waals surface area (Å²) in [7, 11) is 0. The summed E-state index contributed by atoms with van der Waals surface area (Å²) >= 11 is 6.10. The summed E-state index contributed by atoms with van der Waals surface area (Å²) in [5.41, 5.74) is 0.875. The van der Waals surface area contributed by atoms with E-state index in [-0.39, 0.29) is 0 Å². The molecular formula is C11H12ClN3. The summed E-state index contributed by atoms with van der Waals surface area (Å²) in [5, 5.41) is 4.87. The highest BCUT2D eigenvalue weighted by Crippen LogP contribution is 2.22. The van der Waals surface area contributed by atoms with E-state index in [4.69, 9.17) is 11.6 Å². The van der Waals surface area contributed by atoms with Gasteiger partial charge in [-0.2, -0.15) is 5.10 Å². The van der Waals surface area contributed by atoms with Crippen molar-refractivity contribution < 1.29 is 0 Å². The summed E-state index contributed by atoms with van der Waals surface area (Å²) in [6.45, 7) is 4.16. The summed E-state index contributed by atoms with van der Waals surface area (Å²) in [4.78, 5) is 4.23. The number of para-hydroxylation sites is 1. The maximum atomic E-state index is 6.10. The van der Waals surface area contributed by atoms with Crippen molar-refractivity contribution in [1.29, 1.82) is 0 Å². The average molecular weight is 222 g/mol. The van der Waals surface area contributed by atoms with Gasteiger partial charge in [0.1, 0.15) is 12.2 Å². The first kappa shape index (κ1) is 10.2. The largest absolute Gasteiger partial charge is 0.219 e. The highest BCUT2D eigenvalue weighted by atomic mass is 35.5. The number of nitrogens with zero attached hydrogens (tertiary/aromatic N) is 3. The molecule has 0 bridgehead atoms. The fraction of sp³-hybridized carbons (Fsp3) is 0.273. The monoisotopic (exact) mass is 221 g/mol. The molecule has 2 rings (SSSR count). The minimum absolute atomic E-state index is 0.323. The zero-order chi connectivity index (χ0) is 10.8. The number of aromatic nitrogens is 3. The number of rotatable bonds is 2. The van der Waals surface area contributed by atoms with E-state index in [9.17, 15) is 0 Å². The van der Waals surface area contributed by atoms with Crippen molar-refractivity contribution in [3.8, 4) is 5.69 Å². The minimum atomic E-state index is 0.323. The molecule has 0 unspecified atom stereocenters. The molecule has 3 nitrogen and oxygen atoms in total. The van der Waals surface area contributed by atoms with Crippen LogP contribution < -0.4 is 0 Å². The van der Waals surface area contributed by atoms with Gasteiger partial charge in [0, 0.05) is 5.92 Å². The van der Waals surface area contributed by atoms with Crippen molar-refractivity contribution in [2.45, 2.75) is 19.8 Å². The first-order valence-electron chi connectivity index (χ1n) is 4.85. The lowest BCUT2D eigenvalue weighted by molar-refractivity contribution is 0.714. The van der Waals surface area contributed by atoms with Crippen molar-refractivity contribution in [1.82, 2.24) is 14.8 Å². The molecule has 0 atom stereocenters. The van der Waals surface area contributed by atoms with Crippen LogP contribution in [0.5, 0.6) is 0 Å². The molecule has 1 aromatic carbocycles. The average Bonchev–Trinajstić information content (AvgIpc) is 2.67. The Morgan fingerprint density at radius 3 is 2.67 bits per heavy atom. The lowest BCUT2D eigenvalue weighted by Gasteiger charge is -2.09. The van der Waals surface area contributed by atoms with Crippen LogP contribution in [0.25, 0.3) is 5.69 Å². The Hall–Kier alpha value is -1.35. The highest BCUT2D eigenvalue weighted by Gasteiger charge is 2.11. The molecule has 0 spiro atoms. The zero-order valence-corrected chi connectivity index (χ0v) is 9.44. The molecule has 2 aromatic rings. The van der Waals surface area contributed by atoms with Gasteiger partial charge in [-0.25, -0.2) is 9.67 Å². The SMILES string of the molecule is CC(C)c1ncnn1-c1ccccc1Cl. The first-order valence-corrected chi connectivity index (χ1v) is 5.22. The van der Waals surface area contributed by atoms with Crippen LogP contribution >= 0.6 is 11.6 Å². The molecule has 0 aliphatic heterocycles. The Kier molecular flexibility index (Phi) is 2.73. The number of hydrogen-bond donors (Lipinski definition) is 0. The fourth-order valence-corrected chi connectivity index (χ4v) is 1.67.